The van der Waals surface area contributed by atoms with Gasteiger partial charge >= 0.3 is 0 Å². The van der Waals surface area contributed by atoms with Crippen LogP contribution in [0.15, 0.2) is 36.4 Å². The molecule has 6 rings (SSSR count). The topological polar surface area (TPSA) is 97.0 Å². The first kappa shape index (κ1) is 26.4. The van der Waals surface area contributed by atoms with Crippen LogP contribution in [0, 0.1) is 23.7 Å². The largest absolute Gasteiger partial charge is 0.497 e. The fourth-order valence-electron chi connectivity index (χ4n) is 7.91. The fraction of sp³-hybridized carbons (Fsp3) is 0.645. The number of carbonyl (C=O) groups excluding carboxylic acids is 3. The standard InChI is InChI=1S/C31H41N3O5/c1-18-8-7-11-23(19(18)2)33-29(36)27-31-17-16-24(39-31)25(28(35)32-20-12-14-22(38-3)15-13-20)26(31)30(37)34(27)21-9-5-4-6-10-21/h12-19,21,23-27H,4-11H2,1-3H3,(H,32,35)(H,33,36)/t18-,19+,23+,24+,25-,26+,27+,31+/m0/s1. The van der Waals surface area contributed by atoms with E-state index in [0.29, 0.717) is 23.3 Å². The number of likely N-dealkylation sites (tertiary alicyclic amines) is 1. The van der Waals surface area contributed by atoms with Gasteiger partial charge in [-0.05, 0) is 55.4 Å². The van der Waals surface area contributed by atoms with Gasteiger partial charge in [-0.25, -0.2) is 0 Å². The third kappa shape index (κ3) is 4.35. The van der Waals surface area contributed by atoms with E-state index in [1.54, 1.807) is 31.4 Å². The number of hydrogen-bond donors (Lipinski definition) is 2. The second kappa shape index (κ2) is 10.3. The van der Waals surface area contributed by atoms with Gasteiger partial charge < -0.3 is 25.0 Å². The number of anilines is 1. The third-order valence-electron chi connectivity index (χ3n) is 10.2. The molecule has 39 heavy (non-hydrogen) atoms. The number of benzene rings is 1. The Morgan fingerprint density at radius 2 is 1.74 bits per heavy atom. The normalized spacial score (nSPS) is 37.6. The number of methoxy groups -OCH3 is 1. The van der Waals surface area contributed by atoms with Crippen molar-refractivity contribution >= 4 is 23.4 Å². The van der Waals surface area contributed by atoms with E-state index in [0.717, 1.165) is 44.9 Å². The van der Waals surface area contributed by atoms with Crippen LogP contribution in [0.3, 0.4) is 0 Å². The van der Waals surface area contributed by atoms with Crippen molar-refractivity contribution < 1.29 is 23.9 Å². The van der Waals surface area contributed by atoms with E-state index in [1.165, 1.54) is 6.42 Å². The minimum atomic E-state index is -1.12. The Morgan fingerprint density at radius 3 is 2.46 bits per heavy atom. The van der Waals surface area contributed by atoms with E-state index in [-0.39, 0.29) is 29.8 Å². The number of nitrogens with one attached hydrogen (secondary N) is 2. The Balaban J connectivity index is 1.30. The lowest BCUT2D eigenvalue weighted by molar-refractivity contribution is -0.145. The number of nitrogens with zero attached hydrogens (tertiary/aromatic N) is 1. The van der Waals surface area contributed by atoms with E-state index in [4.69, 9.17) is 9.47 Å². The summed E-state index contributed by atoms with van der Waals surface area (Å²) in [5, 5.41) is 6.34. The Labute approximate surface area is 230 Å². The molecule has 2 saturated heterocycles. The molecule has 2 bridgehead atoms. The van der Waals surface area contributed by atoms with Crippen molar-refractivity contribution in [3.63, 3.8) is 0 Å². The van der Waals surface area contributed by atoms with E-state index in [2.05, 4.69) is 24.5 Å². The van der Waals surface area contributed by atoms with Crippen LogP contribution in [0.1, 0.15) is 65.2 Å². The van der Waals surface area contributed by atoms with Gasteiger partial charge in [0.2, 0.25) is 17.7 Å². The molecule has 2 aliphatic carbocycles. The van der Waals surface area contributed by atoms with Crippen LogP contribution in [0.25, 0.3) is 0 Å². The summed E-state index contributed by atoms with van der Waals surface area (Å²) in [6, 6.07) is 6.44. The van der Waals surface area contributed by atoms with Crippen molar-refractivity contribution in [3.05, 3.63) is 36.4 Å². The summed E-state index contributed by atoms with van der Waals surface area (Å²) in [7, 11) is 1.60. The number of amides is 3. The maximum atomic E-state index is 14.3. The molecule has 2 saturated carbocycles. The molecule has 8 atom stereocenters. The fourth-order valence-corrected chi connectivity index (χ4v) is 7.91. The van der Waals surface area contributed by atoms with Gasteiger partial charge in [0.05, 0.1) is 25.0 Å². The Morgan fingerprint density at radius 1 is 1.00 bits per heavy atom. The van der Waals surface area contributed by atoms with Gasteiger partial charge in [0.1, 0.15) is 17.4 Å². The van der Waals surface area contributed by atoms with Crippen LogP contribution >= 0.6 is 0 Å². The monoisotopic (exact) mass is 535 g/mol. The average molecular weight is 536 g/mol. The summed E-state index contributed by atoms with van der Waals surface area (Å²) in [6.45, 7) is 4.47. The van der Waals surface area contributed by atoms with Gasteiger partial charge in [-0.3, -0.25) is 14.4 Å². The molecule has 5 aliphatic rings. The van der Waals surface area contributed by atoms with Crippen LogP contribution in [0.2, 0.25) is 0 Å². The summed E-state index contributed by atoms with van der Waals surface area (Å²) < 4.78 is 11.8. The van der Waals surface area contributed by atoms with Crippen molar-refractivity contribution in [2.45, 2.75) is 95.0 Å². The number of hydrogen-bond acceptors (Lipinski definition) is 5. The predicted molar refractivity (Wildman–Crippen MR) is 147 cm³/mol. The summed E-state index contributed by atoms with van der Waals surface area (Å²) >= 11 is 0. The summed E-state index contributed by atoms with van der Waals surface area (Å²) in [6.07, 6.45) is 11.5. The number of rotatable bonds is 6. The lowest BCUT2D eigenvalue weighted by atomic mass is 9.73. The maximum absolute atomic E-state index is 14.3. The lowest BCUT2D eigenvalue weighted by Gasteiger charge is -2.40. The van der Waals surface area contributed by atoms with E-state index < -0.39 is 29.6 Å². The molecule has 2 N–H and O–H groups in total. The predicted octanol–water partition coefficient (Wildman–Crippen LogP) is 4.06. The first-order chi connectivity index (χ1) is 18.8. The minimum absolute atomic E-state index is 0.00831. The highest BCUT2D eigenvalue weighted by Crippen LogP contribution is 2.56. The SMILES string of the molecule is COc1ccc(NC(=O)[C@H]2[C@H]3C=C[C@@]4(O3)[C@H]2C(=O)N(C2CCCCC2)[C@@H]4C(=O)N[C@@H]2CCC[C@H](C)[C@H]2C)cc1. The molecule has 0 unspecified atom stereocenters. The smallest absolute Gasteiger partial charge is 0.246 e. The molecule has 4 fully saturated rings. The zero-order chi connectivity index (χ0) is 27.3. The number of ether oxygens (including phenoxy) is 2. The highest BCUT2D eigenvalue weighted by molar-refractivity contribution is 6.03. The van der Waals surface area contributed by atoms with E-state index in [9.17, 15) is 14.4 Å². The van der Waals surface area contributed by atoms with Crippen LogP contribution < -0.4 is 15.4 Å². The van der Waals surface area contributed by atoms with E-state index in [1.807, 2.05) is 17.1 Å². The van der Waals surface area contributed by atoms with Gasteiger partial charge in [-0.2, -0.15) is 0 Å². The second-order valence-corrected chi connectivity index (χ2v) is 12.3. The highest BCUT2D eigenvalue weighted by Gasteiger charge is 2.73. The third-order valence-corrected chi connectivity index (χ3v) is 10.2. The lowest BCUT2D eigenvalue weighted by Crippen LogP contribution is -2.59. The molecule has 210 valence electrons. The molecule has 1 aromatic carbocycles. The molecule has 3 aliphatic heterocycles. The van der Waals surface area contributed by atoms with Gasteiger partial charge in [0.15, 0.2) is 0 Å². The van der Waals surface area contributed by atoms with Crippen molar-refractivity contribution in [1.29, 1.82) is 0 Å². The van der Waals surface area contributed by atoms with Crippen molar-refractivity contribution in [2.24, 2.45) is 23.7 Å². The quantitative estimate of drug-likeness (QED) is 0.536. The minimum Gasteiger partial charge on any atom is -0.497 e. The first-order valence-electron chi connectivity index (χ1n) is 14.8. The molecular weight excluding hydrogens is 494 g/mol. The maximum Gasteiger partial charge on any atom is 0.246 e. The van der Waals surface area contributed by atoms with Crippen LogP contribution in [0.4, 0.5) is 5.69 Å². The molecular formula is C31H41N3O5. The number of carbonyl (C=O) groups is 3. The van der Waals surface area contributed by atoms with Gasteiger partial charge in [0, 0.05) is 17.8 Å². The van der Waals surface area contributed by atoms with Gasteiger partial charge in [-0.15, -0.1) is 0 Å². The van der Waals surface area contributed by atoms with Crippen LogP contribution in [-0.2, 0) is 19.1 Å². The molecule has 3 heterocycles. The van der Waals surface area contributed by atoms with Gasteiger partial charge in [-0.1, -0.05) is 58.1 Å². The molecule has 3 amide bonds. The second-order valence-electron chi connectivity index (χ2n) is 12.3. The zero-order valence-electron chi connectivity index (χ0n) is 23.2. The Hall–Kier alpha value is -2.87. The highest BCUT2D eigenvalue weighted by atomic mass is 16.5. The van der Waals surface area contributed by atoms with Crippen molar-refractivity contribution in [3.8, 4) is 5.75 Å². The summed E-state index contributed by atoms with van der Waals surface area (Å²) in [4.78, 5) is 44.0. The van der Waals surface area contributed by atoms with Crippen LogP contribution in [-0.4, -0.2) is 59.6 Å². The van der Waals surface area contributed by atoms with Crippen molar-refractivity contribution in [2.75, 3.05) is 12.4 Å². The Bertz CT molecular complexity index is 1150. The summed E-state index contributed by atoms with van der Waals surface area (Å²) in [5.41, 5.74) is -0.486. The van der Waals surface area contributed by atoms with Crippen molar-refractivity contribution in [1.82, 2.24) is 10.2 Å². The number of fused-ring (bicyclic) bond motifs is 1. The molecule has 8 heteroatoms. The average Bonchev–Trinajstić information content (AvgIpc) is 3.59. The molecule has 0 radical (unpaired) electrons. The molecule has 0 aromatic heterocycles. The summed E-state index contributed by atoms with van der Waals surface area (Å²) in [5.74, 6) is -0.308. The Kier molecular flexibility index (Phi) is 6.94. The van der Waals surface area contributed by atoms with Gasteiger partial charge in [0.25, 0.3) is 0 Å². The van der Waals surface area contributed by atoms with Crippen LogP contribution in [0.5, 0.6) is 5.75 Å². The first-order valence-corrected chi connectivity index (χ1v) is 14.8. The molecule has 1 spiro atoms. The van der Waals surface area contributed by atoms with E-state index >= 15 is 0 Å². The molecule has 1 aromatic rings. The molecule has 8 nitrogen and oxygen atoms in total. The zero-order valence-corrected chi connectivity index (χ0v) is 23.2.